The van der Waals surface area contributed by atoms with Crippen LogP contribution in [0.4, 0.5) is 11.4 Å². The first-order valence-electron chi connectivity index (χ1n) is 6.42. The number of nitro benzene ring substituents is 1. The highest BCUT2D eigenvalue weighted by Crippen LogP contribution is 2.27. The number of hydrogen-bond acceptors (Lipinski definition) is 7. The van der Waals surface area contributed by atoms with E-state index in [2.05, 4.69) is 10.5 Å². The molecule has 0 atom stereocenters. The number of hydrazone groups is 1. The number of sulfonamides is 1. The summed E-state index contributed by atoms with van der Waals surface area (Å²) in [7, 11) is -4.04. The number of nitrogens with two attached hydrogens (primary N) is 1. The van der Waals surface area contributed by atoms with Crippen LogP contribution in [0.25, 0.3) is 0 Å². The molecule has 2 aromatic carbocycles. The van der Waals surface area contributed by atoms with Gasteiger partial charge in [0.15, 0.2) is 0 Å². The van der Waals surface area contributed by atoms with E-state index >= 15 is 0 Å². The molecule has 0 saturated heterocycles. The average Bonchev–Trinajstić information content (AvgIpc) is 2.54. The summed E-state index contributed by atoms with van der Waals surface area (Å²) in [6.45, 7) is 0. The second-order valence-electron chi connectivity index (χ2n) is 4.58. The van der Waals surface area contributed by atoms with E-state index in [1.807, 2.05) is 6.07 Å². The SMILES string of the molecule is N#Cc1ccc(/C=N/Nc2ccc(S(N)(=O)=O)cc2[N+](=O)[O-])cc1. The molecule has 0 saturated carbocycles. The minimum Gasteiger partial charge on any atom is -0.272 e. The number of nitrogens with zero attached hydrogens (tertiary/aromatic N) is 3. The van der Waals surface area contributed by atoms with Crippen LogP contribution in [-0.2, 0) is 10.0 Å². The Hall–Kier alpha value is -3.29. The van der Waals surface area contributed by atoms with Gasteiger partial charge < -0.3 is 0 Å². The molecule has 0 heterocycles. The maximum atomic E-state index is 11.3. The lowest BCUT2D eigenvalue weighted by Gasteiger charge is -2.04. The number of nitriles is 1. The van der Waals surface area contributed by atoms with Gasteiger partial charge >= 0.3 is 0 Å². The second kappa shape index (κ2) is 6.86. The molecule has 3 N–H and O–H groups in total. The molecule has 9 nitrogen and oxygen atoms in total. The Morgan fingerprint density at radius 2 is 1.92 bits per heavy atom. The molecule has 0 spiro atoms. The van der Waals surface area contributed by atoms with Crippen LogP contribution in [0.2, 0.25) is 0 Å². The van der Waals surface area contributed by atoms with Crippen molar-refractivity contribution >= 4 is 27.6 Å². The van der Waals surface area contributed by atoms with E-state index in [-0.39, 0.29) is 10.6 Å². The van der Waals surface area contributed by atoms with Gasteiger partial charge in [-0.1, -0.05) is 12.1 Å². The number of primary sulfonamides is 1. The van der Waals surface area contributed by atoms with Crippen LogP contribution < -0.4 is 10.6 Å². The molecule has 122 valence electrons. The normalized spacial score (nSPS) is 11.2. The zero-order chi connectivity index (χ0) is 17.7. The van der Waals surface area contributed by atoms with Gasteiger partial charge in [0, 0.05) is 6.07 Å². The first-order chi connectivity index (χ1) is 11.3. The summed E-state index contributed by atoms with van der Waals surface area (Å²) in [5, 5.41) is 28.6. The van der Waals surface area contributed by atoms with E-state index in [1.165, 1.54) is 12.3 Å². The summed E-state index contributed by atoms with van der Waals surface area (Å²) >= 11 is 0. The molecule has 2 rings (SSSR count). The monoisotopic (exact) mass is 345 g/mol. The van der Waals surface area contributed by atoms with Crippen LogP contribution in [-0.4, -0.2) is 19.6 Å². The summed E-state index contributed by atoms with van der Waals surface area (Å²) in [5.41, 5.74) is 3.18. The molecule has 0 amide bonds. The Bertz CT molecular complexity index is 946. The molecular formula is C14H11N5O4S. The van der Waals surface area contributed by atoms with Crippen molar-refractivity contribution in [3.63, 3.8) is 0 Å². The maximum absolute atomic E-state index is 11.3. The first kappa shape index (κ1) is 17.1. The molecule has 0 aromatic heterocycles. The van der Waals surface area contributed by atoms with Crippen molar-refractivity contribution in [1.29, 1.82) is 5.26 Å². The zero-order valence-corrected chi connectivity index (χ0v) is 12.9. The predicted molar refractivity (Wildman–Crippen MR) is 86.8 cm³/mol. The van der Waals surface area contributed by atoms with Gasteiger partial charge in [0.05, 0.1) is 27.7 Å². The molecule has 24 heavy (non-hydrogen) atoms. The largest absolute Gasteiger partial charge is 0.295 e. The van der Waals surface area contributed by atoms with Crippen molar-refractivity contribution < 1.29 is 13.3 Å². The van der Waals surface area contributed by atoms with E-state index in [9.17, 15) is 18.5 Å². The Morgan fingerprint density at radius 3 is 2.46 bits per heavy atom. The van der Waals surface area contributed by atoms with Gasteiger partial charge in [0.2, 0.25) is 10.0 Å². The molecular weight excluding hydrogens is 334 g/mol. The summed E-state index contributed by atoms with van der Waals surface area (Å²) in [6.07, 6.45) is 1.40. The number of anilines is 1. The van der Waals surface area contributed by atoms with Gasteiger partial charge in [0.1, 0.15) is 5.69 Å². The van der Waals surface area contributed by atoms with Crippen molar-refractivity contribution in [3.05, 3.63) is 63.7 Å². The molecule has 0 aliphatic rings. The average molecular weight is 345 g/mol. The lowest BCUT2D eigenvalue weighted by atomic mass is 10.2. The lowest BCUT2D eigenvalue weighted by Crippen LogP contribution is -2.12. The Morgan fingerprint density at radius 1 is 1.25 bits per heavy atom. The summed E-state index contributed by atoms with van der Waals surface area (Å²) in [6, 6.07) is 11.7. The lowest BCUT2D eigenvalue weighted by molar-refractivity contribution is -0.384. The third-order valence-electron chi connectivity index (χ3n) is 2.93. The van der Waals surface area contributed by atoms with E-state index in [4.69, 9.17) is 10.4 Å². The molecule has 0 bridgehead atoms. The summed E-state index contributed by atoms with van der Waals surface area (Å²) < 4.78 is 22.5. The fourth-order valence-electron chi connectivity index (χ4n) is 1.75. The van der Waals surface area contributed by atoms with Crippen LogP contribution in [0, 0.1) is 21.4 Å². The third kappa shape index (κ3) is 4.13. The van der Waals surface area contributed by atoms with Gasteiger partial charge in [-0.15, -0.1) is 0 Å². The van der Waals surface area contributed by atoms with Crippen LogP contribution in [0.3, 0.4) is 0 Å². The van der Waals surface area contributed by atoms with Crippen LogP contribution >= 0.6 is 0 Å². The van der Waals surface area contributed by atoms with Crippen molar-refractivity contribution in [3.8, 4) is 6.07 Å². The Balaban J connectivity index is 2.24. The summed E-state index contributed by atoms with van der Waals surface area (Å²) in [4.78, 5) is 9.95. The molecule has 0 radical (unpaired) electrons. The number of hydrogen-bond donors (Lipinski definition) is 2. The standard InChI is InChI=1S/C14H11N5O4S/c15-8-10-1-3-11(4-2-10)9-17-18-13-6-5-12(24(16,22)23)7-14(13)19(20)21/h1-7,9,18H,(H2,16,22,23)/b17-9+. The Kier molecular flexibility index (Phi) is 4.88. The van der Waals surface area contributed by atoms with Crippen molar-refractivity contribution in [2.45, 2.75) is 4.90 Å². The summed E-state index contributed by atoms with van der Waals surface area (Å²) in [5.74, 6) is 0. The highest BCUT2D eigenvalue weighted by molar-refractivity contribution is 7.89. The highest BCUT2D eigenvalue weighted by atomic mass is 32.2. The molecule has 0 aliphatic heterocycles. The van der Waals surface area contributed by atoms with E-state index in [1.54, 1.807) is 24.3 Å². The van der Waals surface area contributed by atoms with Gasteiger partial charge in [0.25, 0.3) is 5.69 Å². The number of rotatable bonds is 5. The number of nitrogens with one attached hydrogen (secondary N) is 1. The quantitative estimate of drug-likeness (QED) is 0.476. The minimum absolute atomic E-state index is 0.0114. The van der Waals surface area contributed by atoms with E-state index < -0.39 is 20.6 Å². The van der Waals surface area contributed by atoms with Crippen molar-refractivity contribution in [1.82, 2.24) is 0 Å². The Labute approximate surface area is 137 Å². The van der Waals surface area contributed by atoms with Crippen LogP contribution in [0.15, 0.2) is 52.5 Å². The molecule has 0 aliphatic carbocycles. The fraction of sp³-hybridized carbons (Fsp3) is 0. The van der Waals surface area contributed by atoms with E-state index in [0.29, 0.717) is 11.1 Å². The van der Waals surface area contributed by atoms with Crippen LogP contribution in [0.5, 0.6) is 0 Å². The van der Waals surface area contributed by atoms with Gasteiger partial charge in [-0.05, 0) is 29.8 Å². The molecule has 0 fully saturated rings. The van der Waals surface area contributed by atoms with Gasteiger partial charge in [-0.3, -0.25) is 15.5 Å². The molecule has 2 aromatic rings. The number of benzene rings is 2. The van der Waals surface area contributed by atoms with Gasteiger partial charge in [-0.25, -0.2) is 13.6 Å². The molecule has 10 heteroatoms. The van der Waals surface area contributed by atoms with Crippen molar-refractivity contribution in [2.24, 2.45) is 10.2 Å². The highest BCUT2D eigenvalue weighted by Gasteiger charge is 2.18. The fourth-order valence-corrected chi connectivity index (χ4v) is 2.29. The third-order valence-corrected chi connectivity index (χ3v) is 3.84. The maximum Gasteiger partial charge on any atom is 0.295 e. The van der Waals surface area contributed by atoms with E-state index in [0.717, 1.165) is 12.1 Å². The smallest absolute Gasteiger partial charge is 0.272 e. The first-order valence-corrected chi connectivity index (χ1v) is 7.96. The molecule has 0 unspecified atom stereocenters. The zero-order valence-electron chi connectivity index (χ0n) is 12.1. The second-order valence-corrected chi connectivity index (χ2v) is 6.15. The topological polar surface area (TPSA) is 151 Å². The van der Waals surface area contributed by atoms with Crippen molar-refractivity contribution in [2.75, 3.05) is 5.43 Å². The van der Waals surface area contributed by atoms with Gasteiger partial charge in [-0.2, -0.15) is 10.4 Å². The predicted octanol–water partition coefficient (Wildman–Crippen LogP) is 1.56. The number of nitro groups is 1. The van der Waals surface area contributed by atoms with Crippen LogP contribution in [0.1, 0.15) is 11.1 Å². The minimum atomic E-state index is -4.04.